The Morgan fingerprint density at radius 3 is 2.47 bits per heavy atom. The van der Waals surface area contributed by atoms with Gasteiger partial charge >= 0.3 is 0 Å². The van der Waals surface area contributed by atoms with Crippen molar-refractivity contribution in [2.45, 2.75) is 52.4 Å². The Labute approximate surface area is 225 Å². The molecule has 0 amide bonds. The van der Waals surface area contributed by atoms with Gasteiger partial charge in [-0.05, 0) is 54.3 Å². The molecule has 0 radical (unpaired) electrons. The molecule has 0 atom stereocenters. The second-order valence-corrected chi connectivity index (χ2v) is 9.97. The molecule has 0 aliphatic carbocycles. The third-order valence-electron chi connectivity index (χ3n) is 5.96. The second-order valence-electron chi connectivity index (χ2n) is 8.96. The van der Waals surface area contributed by atoms with Crippen molar-refractivity contribution in [2.24, 2.45) is 0 Å². The lowest BCUT2D eigenvalue weighted by Crippen LogP contribution is -2.28. The summed E-state index contributed by atoms with van der Waals surface area (Å²) in [6.45, 7) is 5.51. The van der Waals surface area contributed by atoms with Gasteiger partial charge in [0, 0.05) is 6.42 Å². The van der Waals surface area contributed by atoms with E-state index in [9.17, 15) is 9.59 Å². The highest BCUT2D eigenvalue weighted by atomic mass is 32.1. The molecule has 4 rings (SSSR count). The van der Waals surface area contributed by atoms with Crippen LogP contribution in [0.4, 0.5) is 0 Å². The summed E-state index contributed by atoms with van der Waals surface area (Å²) in [7, 11) is 1.59. The van der Waals surface area contributed by atoms with E-state index in [4.69, 9.17) is 14.2 Å². The average Bonchev–Trinajstić information content (AvgIpc) is 3.22. The van der Waals surface area contributed by atoms with Crippen LogP contribution in [0, 0.1) is 0 Å². The predicted octanol–water partition coefficient (Wildman–Crippen LogP) is 4.41. The molecular weight excluding hydrogens is 502 g/mol. The van der Waals surface area contributed by atoms with Crippen LogP contribution in [0.2, 0.25) is 0 Å². The van der Waals surface area contributed by atoms with Gasteiger partial charge in [-0.25, -0.2) is 0 Å². The van der Waals surface area contributed by atoms with Crippen molar-refractivity contribution in [1.29, 1.82) is 0 Å². The van der Waals surface area contributed by atoms with Crippen LogP contribution < -0.4 is 29.9 Å². The fourth-order valence-corrected chi connectivity index (χ4v) is 4.83. The number of nitrogens with zero attached hydrogens (tertiary/aromatic N) is 3. The first kappa shape index (κ1) is 27.3. The monoisotopic (exact) mass is 535 g/mol. The number of thiazole rings is 1. The molecule has 2 aromatic carbocycles. The van der Waals surface area contributed by atoms with E-state index in [0.717, 1.165) is 47.5 Å². The maximum absolute atomic E-state index is 13.1. The molecule has 2 heterocycles. The Balaban J connectivity index is 1.56. The average molecular weight is 536 g/mol. The van der Waals surface area contributed by atoms with Crippen molar-refractivity contribution in [3.8, 4) is 17.2 Å². The summed E-state index contributed by atoms with van der Waals surface area (Å²) in [5.74, 6) is 2.04. The van der Waals surface area contributed by atoms with Crippen molar-refractivity contribution in [3.05, 3.63) is 84.5 Å². The number of aromatic nitrogens is 3. The van der Waals surface area contributed by atoms with Gasteiger partial charge in [0.25, 0.3) is 11.1 Å². The molecule has 38 heavy (non-hydrogen) atoms. The Hall–Kier alpha value is -3.72. The number of unbranched alkanes of at least 4 members (excludes halogenated alkanes) is 3. The lowest BCUT2D eigenvalue weighted by molar-refractivity contribution is 0.285. The molecule has 0 bridgehead atoms. The zero-order valence-electron chi connectivity index (χ0n) is 22.1. The molecule has 200 valence electrons. The van der Waals surface area contributed by atoms with E-state index in [0.29, 0.717) is 29.2 Å². The third kappa shape index (κ3) is 6.77. The number of hydrogen-bond donors (Lipinski definition) is 0. The molecule has 0 spiro atoms. The summed E-state index contributed by atoms with van der Waals surface area (Å²) >= 11 is 1.13. The Kier molecular flexibility index (Phi) is 9.48. The lowest BCUT2D eigenvalue weighted by atomic mass is 10.1. The molecule has 0 N–H and O–H groups in total. The van der Waals surface area contributed by atoms with Crippen LogP contribution in [0.5, 0.6) is 17.2 Å². The smallest absolute Gasteiger partial charge is 0.296 e. The van der Waals surface area contributed by atoms with E-state index in [2.05, 4.69) is 17.0 Å². The van der Waals surface area contributed by atoms with Crippen LogP contribution >= 0.6 is 11.3 Å². The van der Waals surface area contributed by atoms with Crippen LogP contribution in [0.3, 0.4) is 0 Å². The summed E-state index contributed by atoms with van der Waals surface area (Å²) in [5.41, 5.74) is 1.11. The highest BCUT2D eigenvalue weighted by molar-refractivity contribution is 7.15. The number of ether oxygens (including phenoxy) is 3. The number of benzene rings is 2. The van der Waals surface area contributed by atoms with Crippen molar-refractivity contribution < 1.29 is 14.2 Å². The van der Waals surface area contributed by atoms with E-state index in [1.807, 2.05) is 49.4 Å². The third-order valence-corrected chi connectivity index (χ3v) is 6.92. The molecule has 9 heteroatoms. The van der Waals surface area contributed by atoms with Gasteiger partial charge in [0.15, 0.2) is 11.5 Å². The van der Waals surface area contributed by atoms with Crippen molar-refractivity contribution in [3.63, 3.8) is 0 Å². The molecule has 2 aromatic heterocycles. The molecule has 8 nitrogen and oxygen atoms in total. The summed E-state index contributed by atoms with van der Waals surface area (Å²) in [4.78, 5) is 30.1. The predicted molar refractivity (Wildman–Crippen MR) is 150 cm³/mol. The zero-order valence-corrected chi connectivity index (χ0v) is 22.9. The van der Waals surface area contributed by atoms with Gasteiger partial charge in [0.1, 0.15) is 11.4 Å². The highest BCUT2D eigenvalue weighted by Gasteiger charge is 2.13. The van der Waals surface area contributed by atoms with Gasteiger partial charge in [-0.1, -0.05) is 62.6 Å². The summed E-state index contributed by atoms with van der Waals surface area (Å²) in [6.07, 6.45) is 7.45. The van der Waals surface area contributed by atoms with Gasteiger partial charge < -0.3 is 14.2 Å². The largest absolute Gasteiger partial charge is 0.494 e. The number of rotatable bonds is 13. The first-order valence-electron chi connectivity index (χ1n) is 13.0. The minimum absolute atomic E-state index is 0.216. The molecule has 0 aliphatic rings. The van der Waals surface area contributed by atoms with E-state index < -0.39 is 5.56 Å². The highest BCUT2D eigenvalue weighted by Crippen LogP contribution is 2.28. The number of methoxy groups -OCH3 is 1. The number of fused-ring (bicyclic) bond motifs is 1. The normalized spacial score (nSPS) is 11.7. The van der Waals surface area contributed by atoms with Gasteiger partial charge in [-0.2, -0.15) is 14.6 Å². The Bertz CT molecular complexity index is 1530. The van der Waals surface area contributed by atoms with Gasteiger partial charge in [0.05, 0.1) is 24.9 Å². The first-order chi connectivity index (χ1) is 18.5. The van der Waals surface area contributed by atoms with Gasteiger partial charge in [0.2, 0.25) is 4.96 Å². The Morgan fingerprint density at radius 1 is 0.921 bits per heavy atom. The van der Waals surface area contributed by atoms with Crippen LogP contribution in [0.25, 0.3) is 11.0 Å². The standard InChI is InChI=1S/C29H33N3O5S/c1-4-6-7-8-16-37-24-14-11-21(18-25(24)35-3)19-26-28(34)32-29(38-26)30-27(33)23(31-32)17-20-9-12-22(13-10-20)36-15-5-2/h9-14,18-19H,4-8,15-17H2,1-3H3/b26-19+. The summed E-state index contributed by atoms with van der Waals surface area (Å²) in [6, 6.07) is 13.0. The quantitative estimate of drug-likeness (QED) is 0.234. The molecule has 0 fully saturated rings. The van der Waals surface area contributed by atoms with E-state index >= 15 is 0 Å². The zero-order chi connectivity index (χ0) is 26.9. The molecule has 0 aliphatic heterocycles. The van der Waals surface area contributed by atoms with Crippen LogP contribution in [0.1, 0.15) is 62.8 Å². The van der Waals surface area contributed by atoms with Crippen LogP contribution in [0.15, 0.2) is 52.1 Å². The van der Waals surface area contributed by atoms with E-state index in [-0.39, 0.29) is 22.6 Å². The minimum atomic E-state index is -0.439. The first-order valence-corrected chi connectivity index (χ1v) is 13.8. The second kappa shape index (κ2) is 13.2. The van der Waals surface area contributed by atoms with Crippen molar-refractivity contribution in [2.75, 3.05) is 20.3 Å². The van der Waals surface area contributed by atoms with Crippen molar-refractivity contribution in [1.82, 2.24) is 14.6 Å². The molecule has 4 aromatic rings. The van der Waals surface area contributed by atoms with Gasteiger partial charge in [-0.3, -0.25) is 9.59 Å². The van der Waals surface area contributed by atoms with Gasteiger partial charge in [-0.15, -0.1) is 0 Å². The van der Waals surface area contributed by atoms with Crippen LogP contribution in [-0.2, 0) is 6.42 Å². The Morgan fingerprint density at radius 2 is 1.74 bits per heavy atom. The maximum atomic E-state index is 13.1. The summed E-state index contributed by atoms with van der Waals surface area (Å²) < 4.78 is 18.6. The van der Waals surface area contributed by atoms with E-state index in [1.54, 1.807) is 13.2 Å². The van der Waals surface area contributed by atoms with Crippen molar-refractivity contribution >= 4 is 22.4 Å². The van der Waals surface area contributed by atoms with Crippen LogP contribution in [-0.4, -0.2) is 34.9 Å². The fourth-order valence-electron chi connectivity index (χ4n) is 3.92. The maximum Gasteiger partial charge on any atom is 0.296 e. The van der Waals surface area contributed by atoms with E-state index in [1.165, 1.54) is 17.4 Å². The minimum Gasteiger partial charge on any atom is -0.494 e. The molecule has 0 unspecified atom stereocenters. The number of hydrogen-bond acceptors (Lipinski definition) is 8. The molecule has 0 saturated heterocycles. The SMILES string of the molecule is CCCCCCOc1ccc(/C=c2/sc3nc(=O)c(Cc4ccc(OCCC)cc4)nn3c2=O)cc1OC. The summed E-state index contributed by atoms with van der Waals surface area (Å²) in [5, 5.41) is 4.35. The molecular formula is C29H33N3O5S. The topological polar surface area (TPSA) is 92.0 Å². The molecule has 0 saturated carbocycles. The fraction of sp³-hybridized carbons (Fsp3) is 0.379. The lowest BCUT2D eigenvalue weighted by Gasteiger charge is -2.11.